The van der Waals surface area contributed by atoms with Gasteiger partial charge in [-0.15, -0.1) is 0 Å². The van der Waals surface area contributed by atoms with Gasteiger partial charge in [0.15, 0.2) is 5.96 Å². The van der Waals surface area contributed by atoms with Crippen LogP contribution in [0.5, 0.6) is 0 Å². The number of benzene rings is 1. The van der Waals surface area contributed by atoms with Crippen molar-refractivity contribution in [2.45, 2.75) is 20.3 Å². The number of amides is 1. The fourth-order valence-corrected chi connectivity index (χ4v) is 3.35. The predicted octanol–water partition coefficient (Wildman–Crippen LogP) is 2.29. The van der Waals surface area contributed by atoms with Crippen molar-refractivity contribution in [2.24, 2.45) is 16.8 Å². The second-order valence-corrected chi connectivity index (χ2v) is 7.10. The molecule has 0 bridgehead atoms. The number of carbonyl (C=O) groups excluding carboxylic acids is 2. The lowest BCUT2D eigenvalue weighted by molar-refractivity contribution is -0.146. The highest BCUT2D eigenvalue weighted by Gasteiger charge is 2.36. The van der Waals surface area contributed by atoms with E-state index in [0.717, 1.165) is 5.56 Å². The number of nitrogens with one attached hydrogen (secondary N) is 2. The first-order valence-corrected chi connectivity index (χ1v) is 9.33. The Morgan fingerprint density at radius 2 is 2.11 bits per heavy atom. The molecule has 0 saturated carbocycles. The van der Waals surface area contributed by atoms with Crippen molar-refractivity contribution < 1.29 is 14.3 Å². The number of methoxy groups -OCH3 is 1. The summed E-state index contributed by atoms with van der Waals surface area (Å²) in [5.41, 5.74) is 1.56. The Labute approximate surface area is 165 Å². The quantitative estimate of drug-likeness (QED) is 0.455. The number of hydrogen-bond donors (Lipinski definition) is 2. The summed E-state index contributed by atoms with van der Waals surface area (Å²) in [5, 5.41) is 6.68. The molecule has 27 heavy (non-hydrogen) atoms. The first-order chi connectivity index (χ1) is 12.9. The summed E-state index contributed by atoms with van der Waals surface area (Å²) < 4.78 is 4.87. The smallest absolute Gasteiger partial charge is 0.310 e. The van der Waals surface area contributed by atoms with Gasteiger partial charge in [-0.25, -0.2) is 0 Å². The van der Waals surface area contributed by atoms with Gasteiger partial charge >= 0.3 is 5.97 Å². The average molecular weight is 395 g/mol. The molecule has 2 rings (SSSR count). The van der Waals surface area contributed by atoms with E-state index < -0.39 is 0 Å². The van der Waals surface area contributed by atoms with Crippen LogP contribution in [0.25, 0.3) is 0 Å². The van der Waals surface area contributed by atoms with Gasteiger partial charge in [-0.05, 0) is 30.5 Å². The number of rotatable bonds is 5. The molecule has 1 amide bonds. The lowest BCUT2D eigenvalue weighted by Crippen LogP contribution is -2.41. The van der Waals surface area contributed by atoms with E-state index in [0.29, 0.717) is 36.3 Å². The van der Waals surface area contributed by atoms with Gasteiger partial charge in [-0.1, -0.05) is 24.6 Å². The molecule has 1 saturated heterocycles. The second-order valence-electron chi connectivity index (χ2n) is 6.70. The molecule has 0 spiro atoms. The zero-order chi connectivity index (χ0) is 20.0. The van der Waals surface area contributed by atoms with Gasteiger partial charge in [0.1, 0.15) is 0 Å². The molecule has 0 aromatic heterocycles. The zero-order valence-corrected chi connectivity index (χ0v) is 17.0. The maximum Gasteiger partial charge on any atom is 0.310 e. The fraction of sp³-hybridized carbons (Fsp3) is 0.526. The summed E-state index contributed by atoms with van der Waals surface area (Å²) in [5.74, 6) is 0.398. The van der Waals surface area contributed by atoms with Crippen molar-refractivity contribution in [3.05, 3.63) is 28.8 Å². The predicted molar refractivity (Wildman–Crippen MR) is 107 cm³/mol. The summed E-state index contributed by atoms with van der Waals surface area (Å²) in [7, 11) is 3.10. The highest BCUT2D eigenvalue weighted by Crippen LogP contribution is 2.24. The first kappa shape index (κ1) is 21.0. The minimum Gasteiger partial charge on any atom is -0.469 e. The molecule has 0 radical (unpaired) electrons. The van der Waals surface area contributed by atoms with Gasteiger partial charge in [-0.2, -0.15) is 0 Å². The molecule has 1 aromatic rings. The third kappa shape index (κ3) is 5.35. The Kier molecular flexibility index (Phi) is 7.47. The zero-order valence-electron chi connectivity index (χ0n) is 16.2. The normalized spacial score (nSPS) is 19.7. The SMILES string of the molecule is CN=C(NCCC(=O)Nc1cccc(Cl)c1C)N1CC(C)C(C(=O)OC)C1. The van der Waals surface area contributed by atoms with Crippen molar-refractivity contribution in [3.63, 3.8) is 0 Å². The Balaban J connectivity index is 1.84. The Morgan fingerprint density at radius 1 is 1.37 bits per heavy atom. The summed E-state index contributed by atoms with van der Waals surface area (Å²) in [6, 6.07) is 5.41. The van der Waals surface area contributed by atoms with Gasteiger partial charge in [-0.3, -0.25) is 14.6 Å². The van der Waals surface area contributed by atoms with Crippen molar-refractivity contribution in [2.75, 3.05) is 39.1 Å². The lowest BCUT2D eigenvalue weighted by atomic mass is 9.99. The molecule has 2 atom stereocenters. The van der Waals surface area contributed by atoms with Crippen molar-refractivity contribution in [1.29, 1.82) is 0 Å². The number of nitrogens with zero attached hydrogens (tertiary/aromatic N) is 2. The minimum atomic E-state index is -0.197. The standard InChI is InChI=1S/C19H27ClN4O3/c1-12-10-24(11-14(12)18(26)27-4)19(21-3)22-9-8-17(25)23-16-7-5-6-15(20)13(16)2/h5-7,12,14H,8-11H2,1-4H3,(H,21,22)(H,23,25). The van der Waals surface area contributed by atoms with Crippen LogP contribution in [0.4, 0.5) is 5.69 Å². The molecule has 2 N–H and O–H groups in total. The van der Waals surface area contributed by atoms with E-state index in [1.165, 1.54) is 7.11 Å². The van der Waals surface area contributed by atoms with Gasteiger partial charge in [0.25, 0.3) is 0 Å². The van der Waals surface area contributed by atoms with Crippen LogP contribution in [-0.2, 0) is 14.3 Å². The molecule has 1 aliphatic rings. The maximum absolute atomic E-state index is 12.2. The Hall–Kier alpha value is -2.28. The average Bonchev–Trinajstić information content (AvgIpc) is 3.03. The van der Waals surface area contributed by atoms with E-state index in [1.807, 2.05) is 24.8 Å². The topological polar surface area (TPSA) is 83.0 Å². The largest absolute Gasteiger partial charge is 0.469 e. The van der Waals surface area contributed by atoms with Crippen molar-refractivity contribution in [3.8, 4) is 0 Å². The number of carbonyl (C=O) groups is 2. The van der Waals surface area contributed by atoms with Crippen LogP contribution in [0.2, 0.25) is 5.02 Å². The van der Waals surface area contributed by atoms with E-state index in [9.17, 15) is 9.59 Å². The van der Waals surface area contributed by atoms with Gasteiger partial charge in [0, 0.05) is 43.8 Å². The van der Waals surface area contributed by atoms with E-state index in [-0.39, 0.29) is 30.1 Å². The molecule has 1 heterocycles. The second kappa shape index (κ2) is 9.60. The van der Waals surface area contributed by atoms with Crippen molar-refractivity contribution >= 4 is 35.1 Å². The van der Waals surface area contributed by atoms with E-state index in [2.05, 4.69) is 15.6 Å². The third-order valence-corrected chi connectivity index (χ3v) is 5.21. The van der Waals surface area contributed by atoms with Crippen molar-refractivity contribution in [1.82, 2.24) is 10.2 Å². The van der Waals surface area contributed by atoms with Gasteiger partial charge < -0.3 is 20.3 Å². The number of likely N-dealkylation sites (tertiary alicyclic amines) is 1. The summed E-state index contributed by atoms with van der Waals surface area (Å²) in [4.78, 5) is 30.3. The van der Waals surface area contributed by atoms with Crippen LogP contribution in [0, 0.1) is 18.8 Å². The summed E-state index contributed by atoms with van der Waals surface area (Å²) >= 11 is 6.07. The molecule has 1 aromatic carbocycles. The van der Waals surface area contributed by atoms with Crippen LogP contribution in [0.3, 0.4) is 0 Å². The molecule has 0 aliphatic carbocycles. The first-order valence-electron chi connectivity index (χ1n) is 8.95. The monoisotopic (exact) mass is 394 g/mol. The van der Waals surface area contributed by atoms with Crippen LogP contribution < -0.4 is 10.6 Å². The van der Waals surface area contributed by atoms with Crippen LogP contribution in [-0.4, -0.2) is 56.5 Å². The minimum absolute atomic E-state index is 0.106. The summed E-state index contributed by atoms with van der Waals surface area (Å²) in [6.45, 7) is 5.60. The highest BCUT2D eigenvalue weighted by atomic mass is 35.5. The lowest BCUT2D eigenvalue weighted by Gasteiger charge is -2.21. The molecule has 7 nitrogen and oxygen atoms in total. The molecule has 8 heteroatoms. The number of aliphatic imine (C=N–C) groups is 1. The van der Waals surface area contributed by atoms with E-state index in [1.54, 1.807) is 19.2 Å². The number of halogens is 1. The highest BCUT2D eigenvalue weighted by molar-refractivity contribution is 6.31. The Bertz CT molecular complexity index is 723. The molecule has 148 valence electrons. The third-order valence-electron chi connectivity index (χ3n) is 4.80. The molecule has 1 aliphatic heterocycles. The van der Waals surface area contributed by atoms with Crippen LogP contribution in [0.15, 0.2) is 23.2 Å². The maximum atomic E-state index is 12.2. The number of anilines is 1. The molecule has 1 fully saturated rings. The van der Waals surface area contributed by atoms with Crippen LogP contribution >= 0.6 is 11.6 Å². The summed E-state index contributed by atoms with van der Waals surface area (Å²) in [6.07, 6.45) is 0.287. The van der Waals surface area contributed by atoms with Crippen LogP contribution in [0.1, 0.15) is 18.9 Å². The Morgan fingerprint density at radius 3 is 2.78 bits per heavy atom. The molecular weight excluding hydrogens is 368 g/mol. The number of hydrogen-bond acceptors (Lipinski definition) is 4. The molecular formula is C19H27ClN4O3. The fourth-order valence-electron chi connectivity index (χ4n) is 3.17. The van der Waals surface area contributed by atoms with E-state index in [4.69, 9.17) is 16.3 Å². The number of ether oxygens (including phenoxy) is 1. The number of guanidine groups is 1. The van der Waals surface area contributed by atoms with Gasteiger partial charge in [0.2, 0.25) is 5.91 Å². The molecule has 2 unspecified atom stereocenters. The van der Waals surface area contributed by atoms with Gasteiger partial charge in [0.05, 0.1) is 13.0 Å². The van der Waals surface area contributed by atoms with E-state index >= 15 is 0 Å². The number of esters is 1.